The van der Waals surface area contributed by atoms with Gasteiger partial charge < -0.3 is 36.9 Å². The Balaban J connectivity index is 2.82. The summed E-state index contributed by atoms with van der Waals surface area (Å²) in [4.78, 5) is 55.2. The first-order valence-corrected chi connectivity index (χ1v) is 11.0. The number of hydrogen-bond donors (Lipinski definition) is 7. The molecule has 1 rings (SSSR count). The van der Waals surface area contributed by atoms with Gasteiger partial charge in [-0.1, -0.05) is 0 Å². The van der Waals surface area contributed by atoms with Crippen LogP contribution in [-0.2, 0) is 25.6 Å². The minimum absolute atomic E-state index is 0.189. The van der Waals surface area contributed by atoms with Crippen molar-refractivity contribution in [3.8, 4) is 0 Å². The summed E-state index contributed by atoms with van der Waals surface area (Å²) in [6.45, 7) is 2.54. The SMILES string of the molecule is CSCCC(NC(=O)C(N)Cc1cnc[nH]1)C(=O)NC(C(=O)NC(C)C(=O)O)C(C)O. The zero-order chi connectivity index (χ0) is 23.6. The number of hydrogen-bond acceptors (Lipinski definition) is 8. The minimum Gasteiger partial charge on any atom is -0.480 e. The number of carboxylic acids is 1. The van der Waals surface area contributed by atoms with E-state index in [1.54, 1.807) is 0 Å². The summed E-state index contributed by atoms with van der Waals surface area (Å²) in [5.41, 5.74) is 6.57. The van der Waals surface area contributed by atoms with Crippen molar-refractivity contribution in [2.75, 3.05) is 12.0 Å². The second kappa shape index (κ2) is 12.9. The summed E-state index contributed by atoms with van der Waals surface area (Å²) in [5.74, 6) is -2.84. The van der Waals surface area contributed by atoms with Gasteiger partial charge in [-0.2, -0.15) is 11.8 Å². The maximum atomic E-state index is 12.8. The van der Waals surface area contributed by atoms with Crippen LogP contribution in [0, 0.1) is 0 Å². The minimum atomic E-state index is -1.40. The number of nitrogens with two attached hydrogens (primary N) is 1. The molecular weight excluding hydrogens is 428 g/mol. The third-order valence-corrected chi connectivity index (χ3v) is 5.01. The predicted molar refractivity (Wildman–Crippen MR) is 114 cm³/mol. The maximum Gasteiger partial charge on any atom is 0.325 e. The molecular formula is C18H30N6O6S. The lowest BCUT2D eigenvalue weighted by atomic mass is 10.1. The molecule has 1 heterocycles. The lowest BCUT2D eigenvalue weighted by molar-refractivity contribution is -0.142. The average molecular weight is 459 g/mol. The van der Waals surface area contributed by atoms with Crippen LogP contribution in [-0.4, -0.2) is 86.2 Å². The van der Waals surface area contributed by atoms with Crippen molar-refractivity contribution in [1.82, 2.24) is 25.9 Å². The van der Waals surface area contributed by atoms with E-state index in [9.17, 15) is 24.3 Å². The molecule has 3 amide bonds. The summed E-state index contributed by atoms with van der Waals surface area (Å²) in [6, 6.07) is -4.55. The number of rotatable bonds is 13. The summed E-state index contributed by atoms with van der Waals surface area (Å²) < 4.78 is 0. The van der Waals surface area contributed by atoms with Gasteiger partial charge in [-0.15, -0.1) is 0 Å². The van der Waals surface area contributed by atoms with Crippen LogP contribution in [0.2, 0.25) is 0 Å². The Morgan fingerprint density at radius 1 is 1.16 bits per heavy atom. The van der Waals surface area contributed by atoms with E-state index < -0.39 is 54.0 Å². The highest BCUT2D eigenvalue weighted by Crippen LogP contribution is 2.05. The fraction of sp³-hybridized carbons (Fsp3) is 0.611. The van der Waals surface area contributed by atoms with E-state index in [0.717, 1.165) is 0 Å². The average Bonchev–Trinajstić information content (AvgIpc) is 3.21. The zero-order valence-corrected chi connectivity index (χ0v) is 18.4. The van der Waals surface area contributed by atoms with Crippen molar-refractivity contribution >= 4 is 35.5 Å². The third kappa shape index (κ3) is 8.94. The Bertz CT molecular complexity index is 744. The van der Waals surface area contributed by atoms with Crippen LogP contribution in [0.5, 0.6) is 0 Å². The number of aliphatic hydroxyl groups is 1. The lowest BCUT2D eigenvalue weighted by Gasteiger charge is -2.26. The van der Waals surface area contributed by atoms with Crippen LogP contribution in [0.3, 0.4) is 0 Å². The molecule has 5 atom stereocenters. The lowest BCUT2D eigenvalue weighted by Crippen LogP contribution is -2.59. The van der Waals surface area contributed by atoms with E-state index in [4.69, 9.17) is 10.8 Å². The number of aromatic nitrogens is 2. The number of thioether (sulfide) groups is 1. The van der Waals surface area contributed by atoms with Gasteiger partial charge in [0.25, 0.3) is 0 Å². The number of aliphatic hydroxyl groups excluding tert-OH is 1. The number of aromatic amines is 1. The molecule has 0 saturated carbocycles. The molecule has 0 aromatic carbocycles. The van der Waals surface area contributed by atoms with E-state index in [2.05, 4.69) is 25.9 Å². The van der Waals surface area contributed by atoms with Gasteiger partial charge in [0.1, 0.15) is 18.1 Å². The topological polar surface area (TPSA) is 200 Å². The molecule has 31 heavy (non-hydrogen) atoms. The van der Waals surface area contributed by atoms with E-state index in [-0.39, 0.29) is 12.8 Å². The Morgan fingerprint density at radius 3 is 2.35 bits per heavy atom. The molecule has 1 aromatic heterocycles. The second-order valence-electron chi connectivity index (χ2n) is 7.03. The smallest absolute Gasteiger partial charge is 0.325 e. The molecule has 0 radical (unpaired) electrons. The van der Waals surface area contributed by atoms with Gasteiger partial charge in [0.05, 0.1) is 18.5 Å². The van der Waals surface area contributed by atoms with Gasteiger partial charge in [-0.25, -0.2) is 4.98 Å². The number of amides is 3. The molecule has 0 aliphatic heterocycles. The van der Waals surface area contributed by atoms with Crippen molar-refractivity contribution in [3.63, 3.8) is 0 Å². The molecule has 0 aliphatic carbocycles. The first kappa shape index (κ1) is 26.4. The number of H-pyrrole nitrogens is 1. The standard InChI is InChI=1S/C18H30N6O6S/c1-9(18(29)30)22-17(28)14(10(2)25)24-16(27)13(4-5-31-3)23-15(26)12(19)6-11-7-20-8-21-11/h7-10,12-14,25H,4-6,19H2,1-3H3,(H,20,21)(H,22,28)(H,23,26)(H,24,27)(H,29,30). The highest BCUT2D eigenvalue weighted by Gasteiger charge is 2.31. The van der Waals surface area contributed by atoms with Crippen LogP contribution in [0.4, 0.5) is 0 Å². The monoisotopic (exact) mass is 458 g/mol. The number of aliphatic carboxylic acids is 1. The van der Waals surface area contributed by atoms with E-state index in [1.807, 2.05) is 6.26 Å². The molecule has 12 nitrogen and oxygen atoms in total. The van der Waals surface area contributed by atoms with Gasteiger partial charge in [0.2, 0.25) is 17.7 Å². The highest BCUT2D eigenvalue weighted by atomic mass is 32.2. The van der Waals surface area contributed by atoms with Crippen molar-refractivity contribution in [2.45, 2.75) is 57.0 Å². The molecule has 13 heteroatoms. The van der Waals surface area contributed by atoms with Crippen molar-refractivity contribution in [2.24, 2.45) is 5.73 Å². The molecule has 1 aromatic rings. The number of imidazole rings is 1. The third-order valence-electron chi connectivity index (χ3n) is 4.37. The molecule has 0 bridgehead atoms. The first-order valence-electron chi connectivity index (χ1n) is 9.60. The number of nitrogens with one attached hydrogen (secondary N) is 4. The van der Waals surface area contributed by atoms with Crippen LogP contribution < -0.4 is 21.7 Å². The van der Waals surface area contributed by atoms with Crippen LogP contribution >= 0.6 is 11.8 Å². The van der Waals surface area contributed by atoms with Crippen LogP contribution in [0.25, 0.3) is 0 Å². The number of carbonyl (C=O) groups excluding carboxylic acids is 3. The van der Waals surface area contributed by atoms with E-state index in [0.29, 0.717) is 11.4 Å². The van der Waals surface area contributed by atoms with Gasteiger partial charge in [-0.3, -0.25) is 19.2 Å². The number of carbonyl (C=O) groups is 4. The quantitative estimate of drug-likeness (QED) is 0.174. The van der Waals surface area contributed by atoms with Gasteiger partial charge in [-0.05, 0) is 32.3 Å². The van der Waals surface area contributed by atoms with Crippen molar-refractivity contribution in [1.29, 1.82) is 0 Å². The summed E-state index contributed by atoms with van der Waals surface area (Å²) in [7, 11) is 0. The van der Waals surface area contributed by atoms with Crippen molar-refractivity contribution < 1.29 is 29.4 Å². The largest absolute Gasteiger partial charge is 0.480 e. The fourth-order valence-corrected chi connectivity index (χ4v) is 3.00. The molecule has 0 fully saturated rings. The first-order chi connectivity index (χ1) is 14.6. The summed E-state index contributed by atoms with van der Waals surface area (Å²) >= 11 is 1.46. The molecule has 174 valence electrons. The van der Waals surface area contributed by atoms with Crippen LogP contribution in [0.1, 0.15) is 26.0 Å². The Labute approximate surface area is 184 Å². The molecule has 8 N–H and O–H groups in total. The zero-order valence-electron chi connectivity index (χ0n) is 17.6. The molecule has 0 saturated heterocycles. The Kier molecular flexibility index (Phi) is 11.0. The molecule has 5 unspecified atom stereocenters. The van der Waals surface area contributed by atoms with E-state index in [1.165, 1.54) is 38.1 Å². The maximum absolute atomic E-state index is 12.8. The number of nitrogens with zero attached hydrogens (tertiary/aromatic N) is 1. The summed E-state index contributed by atoms with van der Waals surface area (Å²) in [5, 5.41) is 26.0. The fourth-order valence-electron chi connectivity index (χ4n) is 2.53. The van der Waals surface area contributed by atoms with E-state index >= 15 is 0 Å². The normalized spacial score (nSPS) is 15.8. The second-order valence-corrected chi connectivity index (χ2v) is 8.01. The number of carboxylic acid groups (broad SMARTS) is 1. The van der Waals surface area contributed by atoms with Crippen LogP contribution in [0.15, 0.2) is 12.5 Å². The Morgan fingerprint density at radius 2 is 1.84 bits per heavy atom. The van der Waals surface area contributed by atoms with Gasteiger partial charge >= 0.3 is 5.97 Å². The van der Waals surface area contributed by atoms with Gasteiger partial charge in [0.15, 0.2) is 0 Å². The van der Waals surface area contributed by atoms with Gasteiger partial charge in [0, 0.05) is 18.3 Å². The highest BCUT2D eigenvalue weighted by molar-refractivity contribution is 7.98. The van der Waals surface area contributed by atoms with Crippen molar-refractivity contribution in [3.05, 3.63) is 18.2 Å². The molecule has 0 spiro atoms. The summed E-state index contributed by atoms with van der Waals surface area (Å²) in [6.07, 6.45) is 3.98. The Hall–Kier alpha value is -2.64. The predicted octanol–water partition coefficient (Wildman–Crippen LogP) is -2.03. The molecule has 0 aliphatic rings.